The van der Waals surface area contributed by atoms with E-state index in [4.69, 9.17) is 4.74 Å². The Morgan fingerprint density at radius 1 is 1.26 bits per heavy atom. The van der Waals surface area contributed by atoms with Crippen molar-refractivity contribution < 1.29 is 14.3 Å². The van der Waals surface area contributed by atoms with Crippen LogP contribution in [-0.2, 0) is 22.5 Å². The van der Waals surface area contributed by atoms with E-state index in [1.807, 2.05) is 11.4 Å². The number of benzene rings is 1. The Morgan fingerprint density at radius 2 is 2.04 bits per heavy atom. The van der Waals surface area contributed by atoms with Crippen molar-refractivity contribution in [2.45, 2.75) is 38.6 Å². The van der Waals surface area contributed by atoms with Crippen molar-refractivity contribution in [2.75, 3.05) is 25.0 Å². The highest BCUT2D eigenvalue weighted by Crippen LogP contribution is 2.46. The van der Waals surface area contributed by atoms with E-state index < -0.39 is 0 Å². The van der Waals surface area contributed by atoms with Crippen LogP contribution in [0.3, 0.4) is 0 Å². The zero-order valence-electron chi connectivity index (χ0n) is 15.5. The number of ether oxygens (including phenoxy) is 1. The van der Waals surface area contributed by atoms with Gasteiger partial charge in [0.15, 0.2) is 0 Å². The van der Waals surface area contributed by atoms with E-state index in [1.165, 1.54) is 22.5 Å². The number of carbonyl (C=O) groups excluding carboxylic acids is 2. The van der Waals surface area contributed by atoms with Crippen molar-refractivity contribution in [1.82, 2.24) is 4.90 Å². The lowest BCUT2D eigenvalue weighted by Gasteiger charge is -2.28. The number of esters is 1. The number of nitrogens with one attached hydrogen (secondary N) is 1. The number of fused-ring (bicyclic) bond motifs is 1. The van der Waals surface area contributed by atoms with Gasteiger partial charge in [-0.15, -0.1) is 11.3 Å². The van der Waals surface area contributed by atoms with Crippen LogP contribution in [0.2, 0.25) is 0 Å². The van der Waals surface area contributed by atoms with Crippen molar-refractivity contribution in [3.8, 4) is 0 Å². The minimum atomic E-state index is -0.331. The summed E-state index contributed by atoms with van der Waals surface area (Å²) in [4.78, 5) is 27.2. The molecular weight excluding hydrogens is 360 g/mol. The topological polar surface area (TPSA) is 58.6 Å². The lowest BCUT2D eigenvalue weighted by molar-refractivity contribution is -0.117. The highest BCUT2D eigenvalue weighted by Gasteiger charge is 2.32. The second-order valence-electron chi connectivity index (χ2n) is 7.17. The maximum atomic E-state index is 12.6. The molecule has 0 unspecified atom stereocenters. The van der Waals surface area contributed by atoms with E-state index in [2.05, 4.69) is 28.4 Å². The predicted molar refractivity (Wildman–Crippen MR) is 106 cm³/mol. The molecule has 1 amide bonds. The zero-order valence-corrected chi connectivity index (χ0v) is 16.3. The monoisotopic (exact) mass is 384 g/mol. The number of nitrogens with zero attached hydrogens (tertiary/aromatic N) is 1. The Hall–Kier alpha value is -2.18. The Balaban J connectivity index is 1.43. The predicted octanol–water partition coefficient (Wildman–Crippen LogP) is 3.80. The van der Waals surface area contributed by atoms with Gasteiger partial charge >= 0.3 is 5.97 Å². The van der Waals surface area contributed by atoms with E-state index in [0.29, 0.717) is 29.6 Å². The number of amides is 1. The molecule has 142 valence electrons. The molecule has 1 aliphatic heterocycles. The highest BCUT2D eigenvalue weighted by molar-refractivity contribution is 7.15. The number of hydrogen-bond acceptors (Lipinski definition) is 5. The van der Waals surface area contributed by atoms with Gasteiger partial charge in [-0.2, -0.15) is 0 Å². The first-order valence-electron chi connectivity index (χ1n) is 9.53. The van der Waals surface area contributed by atoms with Gasteiger partial charge < -0.3 is 10.1 Å². The first-order chi connectivity index (χ1) is 13.2. The van der Waals surface area contributed by atoms with Crippen LogP contribution in [0.5, 0.6) is 0 Å². The van der Waals surface area contributed by atoms with Crippen LogP contribution in [0.4, 0.5) is 5.00 Å². The molecule has 0 atom stereocenters. The maximum Gasteiger partial charge on any atom is 0.341 e. The smallest absolute Gasteiger partial charge is 0.341 e. The van der Waals surface area contributed by atoms with Crippen molar-refractivity contribution in [1.29, 1.82) is 0 Å². The highest BCUT2D eigenvalue weighted by atomic mass is 32.1. The number of carbonyl (C=O) groups is 2. The minimum Gasteiger partial charge on any atom is -0.462 e. The molecule has 27 heavy (non-hydrogen) atoms. The molecule has 0 spiro atoms. The fraction of sp³-hybridized carbons (Fsp3) is 0.429. The van der Waals surface area contributed by atoms with Crippen LogP contribution in [0.15, 0.2) is 29.6 Å². The molecule has 1 fully saturated rings. The Bertz CT molecular complexity index is 857. The molecule has 1 N–H and O–H groups in total. The van der Waals surface area contributed by atoms with Gasteiger partial charge in [-0.25, -0.2) is 4.79 Å². The van der Waals surface area contributed by atoms with Crippen LogP contribution < -0.4 is 5.32 Å². The third-order valence-corrected chi connectivity index (χ3v) is 6.06. The van der Waals surface area contributed by atoms with Crippen LogP contribution in [0.1, 0.15) is 52.7 Å². The maximum absolute atomic E-state index is 12.6. The van der Waals surface area contributed by atoms with E-state index in [9.17, 15) is 9.59 Å². The SMILES string of the molecule is CCOC(=O)c1c(C2CC2)csc1NC(=O)CN1CCc2ccccc2C1. The first kappa shape index (κ1) is 18.2. The summed E-state index contributed by atoms with van der Waals surface area (Å²) in [6, 6.07) is 8.38. The summed E-state index contributed by atoms with van der Waals surface area (Å²) in [7, 11) is 0. The molecular formula is C21H24N2O3S. The number of hydrogen-bond donors (Lipinski definition) is 1. The summed E-state index contributed by atoms with van der Waals surface area (Å²) in [5.74, 6) is 0.0249. The molecule has 4 rings (SSSR count). The molecule has 2 heterocycles. The summed E-state index contributed by atoms with van der Waals surface area (Å²) in [6.45, 7) is 4.11. The summed E-state index contributed by atoms with van der Waals surface area (Å²) in [5.41, 5.74) is 4.24. The van der Waals surface area contributed by atoms with Gasteiger partial charge in [0.1, 0.15) is 5.00 Å². The zero-order chi connectivity index (χ0) is 18.8. The van der Waals surface area contributed by atoms with Gasteiger partial charge in [0.25, 0.3) is 0 Å². The quantitative estimate of drug-likeness (QED) is 0.770. The van der Waals surface area contributed by atoms with E-state index in [1.54, 1.807) is 6.92 Å². The summed E-state index contributed by atoms with van der Waals surface area (Å²) >= 11 is 1.43. The second-order valence-corrected chi connectivity index (χ2v) is 8.05. The standard InChI is InChI=1S/C21H24N2O3S/c1-2-26-21(25)19-17(15-7-8-15)13-27-20(19)22-18(24)12-23-10-9-14-5-3-4-6-16(14)11-23/h3-6,13,15H,2,7-12H2,1H3,(H,22,24). The fourth-order valence-electron chi connectivity index (χ4n) is 3.63. The van der Waals surface area contributed by atoms with Crippen LogP contribution in [-0.4, -0.2) is 36.5 Å². The van der Waals surface area contributed by atoms with Gasteiger partial charge in [-0.05, 0) is 54.2 Å². The summed E-state index contributed by atoms with van der Waals surface area (Å²) in [6.07, 6.45) is 3.16. The van der Waals surface area contributed by atoms with E-state index in [-0.39, 0.29) is 11.9 Å². The molecule has 0 radical (unpaired) electrons. The number of thiophene rings is 1. The third-order valence-electron chi connectivity index (χ3n) is 5.15. The molecule has 5 nitrogen and oxygen atoms in total. The molecule has 0 bridgehead atoms. The van der Waals surface area contributed by atoms with Crippen LogP contribution in [0.25, 0.3) is 0 Å². The summed E-state index contributed by atoms with van der Waals surface area (Å²) in [5, 5.41) is 5.58. The molecule has 1 saturated carbocycles. The van der Waals surface area contributed by atoms with Gasteiger partial charge in [-0.1, -0.05) is 24.3 Å². The molecule has 1 aromatic heterocycles. The molecule has 6 heteroatoms. The number of rotatable bonds is 6. The fourth-order valence-corrected chi connectivity index (χ4v) is 4.68. The van der Waals surface area contributed by atoms with Crippen molar-refractivity contribution >= 4 is 28.2 Å². The van der Waals surface area contributed by atoms with Gasteiger partial charge in [0.2, 0.25) is 5.91 Å². The Kier molecular flexibility index (Phi) is 5.27. The van der Waals surface area contributed by atoms with Crippen LogP contribution >= 0.6 is 11.3 Å². The van der Waals surface area contributed by atoms with Crippen molar-refractivity contribution in [3.63, 3.8) is 0 Å². The minimum absolute atomic E-state index is 0.0795. The Labute approximate surface area is 163 Å². The van der Waals surface area contributed by atoms with Crippen molar-refractivity contribution in [3.05, 3.63) is 51.9 Å². The lowest BCUT2D eigenvalue weighted by Crippen LogP contribution is -2.37. The van der Waals surface area contributed by atoms with Crippen LogP contribution in [0, 0.1) is 0 Å². The largest absolute Gasteiger partial charge is 0.462 e. The third kappa shape index (κ3) is 4.06. The molecule has 0 saturated heterocycles. The van der Waals surface area contributed by atoms with E-state index in [0.717, 1.165) is 37.9 Å². The van der Waals surface area contributed by atoms with Gasteiger partial charge in [0, 0.05) is 13.1 Å². The lowest BCUT2D eigenvalue weighted by atomic mass is 10.00. The molecule has 1 aromatic carbocycles. The van der Waals surface area contributed by atoms with Gasteiger partial charge in [0.05, 0.1) is 18.7 Å². The van der Waals surface area contributed by atoms with E-state index >= 15 is 0 Å². The van der Waals surface area contributed by atoms with Crippen molar-refractivity contribution in [2.24, 2.45) is 0 Å². The van der Waals surface area contributed by atoms with Gasteiger partial charge in [-0.3, -0.25) is 9.69 Å². The average molecular weight is 385 g/mol. The second kappa shape index (κ2) is 7.82. The normalized spacial score (nSPS) is 16.6. The Morgan fingerprint density at radius 3 is 2.78 bits per heavy atom. The number of anilines is 1. The molecule has 1 aliphatic carbocycles. The molecule has 2 aliphatic rings. The summed E-state index contributed by atoms with van der Waals surface area (Å²) < 4.78 is 5.22. The average Bonchev–Trinajstić information content (AvgIpc) is 3.42. The first-order valence-corrected chi connectivity index (χ1v) is 10.4. The molecule has 2 aromatic rings.